The van der Waals surface area contributed by atoms with Crippen LogP contribution in [0.15, 0.2) is 12.2 Å². The Balaban J connectivity index is 4.13. The minimum atomic E-state index is -0.770. The fraction of sp³-hybridized carbons (Fsp3) is 0.933. The first kappa shape index (κ1) is 79.2. The van der Waals surface area contributed by atoms with Gasteiger partial charge in [0.1, 0.15) is 13.2 Å². The van der Waals surface area contributed by atoms with E-state index in [1.165, 1.54) is 327 Å². The van der Waals surface area contributed by atoms with Gasteiger partial charge in [0.2, 0.25) is 0 Å². The Labute approximate surface area is 507 Å². The third-order valence-corrected chi connectivity index (χ3v) is 17.3. The van der Waals surface area contributed by atoms with Crippen LogP contribution in [-0.4, -0.2) is 37.2 Å². The molecule has 480 valence electrons. The predicted octanol–water partition coefficient (Wildman–Crippen LogP) is 25.6. The van der Waals surface area contributed by atoms with Crippen molar-refractivity contribution in [1.82, 2.24) is 0 Å². The van der Waals surface area contributed by atoms with Crippen LogP contribution in [0.1, 0.15) is 432 Å². The zero-order valence-corrected chi connectivity index (χ0v) is 55.4. The van der Waals surface area contributed by atoms with E-state index in [1.54, 1.807) is 0 Å². The molecule has 0 aromatic carbocycles. The lowest BCUT2D eigenvalue weighted by Crippen LogP contribution is -2.30. The van der Waals surface area contributed by atoms with Gasteiger partial charge in [-0.05, 0) is 44.9 Å². The highest BCUT2D eigenvalue weighted by atomic mass is 16.6. The second-order valence-electron chi connectivity index (χ2n) is 25.6. The third-order valence-electron chi connectivity index (χ3n) is 17.3. The zero-order valence-electron chi connectivity index (χ0n) is 55.4. The van der Waals surface area contributed by atoms with Crippen molar-refractivity contribution >= 4 is 17.9 Å². The summed E-state index contributed by atoms with van der Waals surface area (Å²) in [5, 5.41) is 0. The first-order chi connectivity index (χ1) is 40.0. The lowest BCUT2D eigenvalue weighted by Gasteiger charge is -2.18. The van der Waals surface area contributed by atoms with Crippen LogP contribution in [0.5, 0.6) is 0 Å². The van der Waals surface area contributed by atoms with Gasteiger partial charge in [-0.2, -0.15) is 0 Å². The summed E-state index contributed by atoms with van der Waals surface area (Å²) < 4.78 is 17.0. The minimum absolute atomic E-state index is 0.0656. The Kier molecular flexibility index (Phi) is 69.0. The normalized spacial score (nSPS) is 12.0. The van der Waals surface area contributed by atoms with Gasteiger partial charge in [0.05, 0.1) is 0 Å². The van der Waals surface area contributed by atoms with Crippen LogP contribution in [0.3, 0.4) is 0 Å². The van der Waals surface area contributed by atoms with E-state index < -0.39 is 6.10 Å². The molecular weight excluding hydrogens is 997 g/mol. The van der Waals surface area contributed by atoms with E-state index >= 15 is 0 Å². The molecule has 0 saturated heterocycles. The Morgan fingerprint density at radius 3 is 0.630 bits per heavy atom. The highest BCUT2D eigenvalue weighted by Gasteiger charge is 2.20. The molecule has 0 bridgehead atoms. The summed E-state index contributed by atoms with van der Waals surface area (Å²) >= 11 is 0. The quantitative estimate of drug-likeness (QED) is 0.0261. The summed E-state index contributed by atoms with van der Waals surface area (Å²) in [5.74, 6) is -0.838. The van der Waals surface area contributed by atoms with Crippen LogP contribution < -0.4 is 0 Å². The molecule has 0 aliphatic heterocycles. The molecule has 0 aliphatic rings. The number of carbonyl (C=O) groups excluding carboxylic acids is 3. The van der Waals surface area contributed by atoms with Crippen molar-refractivity contribution in [2.75, 3.05) is 13.2 Å². The number of hydrogen-bond donors (Lipinski definition) is 0. The largest absolute Gasteiger partial charge is 0.462 e. The summed E-state index contributed by atoms with van der Waals surface area (Å²) in [7, 11) is 0. The summed E-state index contributed by atoms with van der Waals surface area (Å²) in [4.78, 5) is 38.4. The maximum atomic E-state index is 13.0. The van der Waals surface area contributed by atoms with Gasteiger partial charge in [-0.3, -0.25) is 14.4 Å². The number of carbonyl (C=O) groups is 3. The van der Waals surface area contributed by atoms with Gasteiger partial charge in [-0.1, -0.05) is 380 Å². The van der Waals surface area contributed by atoms with Crippen molar-refractivity contribution in [3.63, 3.8) is 0 Å². The molecule has 0 rings (SSSR count). The molecule has 6 heteroatoms. The van der Waals surface area contributed by atoms with Crippen LogP contribution >= 0.6 is 0 Å². The molecule has 0 heterocycles. The monoisotopic (exact) mass is 1140 g/mol. The second kappa shape index (κ2) is 70.6. The summed E-state index contributed by atoms with van der Waals surface area (Å²) in [5.41, 5.74) is 0. The van der Waals surface area contributed by atoms with Crippen molar-refractivity contribution in [2.45, 2.75) is 438 Å². The fourth-order valence-electron chi connectivity index (χ4n) is 11.7. The van der Waals surface area contributed by atoms with Gasteiger partial charge in [0.25, 0.3) is 0 Å². The van der Waals surface area contributed by atoms with E-state index in [0.717, 1.165) is 64.2 Å². The molecule has 0 saturated carbocycles. The molecule has 0 N–H and O–H groups in total. The second-order valence-corrected chi connectivity index (χ2v) is 25.6. The number of hydrogen-bond acceptors (Lipinski definition) is 6. The van der Waals surface area contributed by atoms with Crippen molar-refractivity contribution in [1.29, 1.82) is 0 Å². The number of rotatable bonds is 70. The molecule has 1 atom stereocenters. The first-order valence-electron chi connectivity index (χ1n) is 37.2. The molecule has 0 aromatic rings. The highest BCUT2D eigenvalue weighted by molar-refractivity contribution is 5.71. The van der Waals surface area contributed by atoms with E-state index in [-0.39, 0.29) is 31.1 Å². The average molecular weight is 1140 g/mol. The number of esters is 3. The minimum Gasteiger partial charge on any atom is -0.462 e. The van der Waals surface area contributed by atoms with E-state index in [1.807, 2.05) is 0 Å². The third kappa shape index (κ3) is 68.8. The van der Waals surface area contributed by atoms with Gasteiger partial charge >= 0.3 is 17.9 Å². The fourth-order valence-corrected chi connectivity index (χ4v) is 11.7. The molecule has 0 radical (unpaired) electrons. The van der Waals surface area contributed by atoms with Gasteiger partial charge in [-0.15, -0.1) is 0 Å². The lowest BCUT2D eigenvalue weighted by molar-refractivity contribution is -0.167. The van der Waals surface area contributed by atoms with Crippen molar-refractivity contribution in [3.05, 3.63) is 12.2 Å². The molecule has 0 aliphatic carbocycles. The van der Waals surface area contributed by atoms with Crippen LogP contribution in [-0.2, 0) is 28.6 Å². The molecule has 6 nitrogen and oxygen atoms in total. The maximum Gasteiger partial charge on any atom is 0.306 e. The van der Waals surface area contributed by atoms with Crippen molar-refractivity contribution < 1.29 is 28.6 Å². The molecule has 0 amide bonds. The summed E-state index contributed by atoms with van der Waals surface area (Å²) in [6.45, 7) is 6.71. The van der Waals surface area contributed by atoms with Gasteiger partial charge in [0, 0.05) is 19.3 Å². The summed E-state index contributed by atoms with van der Waals surface area (Å²) in [6, 6.07) is 0. The smallest absolute Gasteiger partial charge is 0.306 e. The van der Waals surface area contributed by atoms with Gasteiger partial charge in [-0.25, -0.2) is 0 Å². The number of ether oxygens (including phenoxy) is 3. The molecular formula is C75H144O6. The van der Waals surface area contributed by atoms with Crippen LogP contribution in [0, 0.1) is 0 Å². The Morgan fingerprint density at radius 1 is 0.235 bits per heavy atom. The molecule has 1 unspecified atom stereocenters. The lowest BCUT2D eigenvalue weighted by atomic mass is 10.0. The highest BCUT2D eigenvalue weighted by Crippen LogP contribution is 2.20. The van der Waals surface area contributed by atoms with E-state index in [9.17, 15) is 14.4 Å². The van der Waals surface area contributed by atoms with Gasteiger partial charge < -0.3 is 14.2 Å². The molecule has 0 fully saturated rings. The topological polar surface area (TPSA) is 78.9 Å². The van der Waals surface area contributed by atoms with E-state index in [4.69, 9.17) is 14.2 Å². The van der Waals surface area contributed by atoms with Gasteiger partial charge in [0.15, 0.2) is 6.10 Å². The number of unbranched alkanes of at least 4 members (excludes halogenated alkanes) is 57. The SMILES string of the molecule is CCCCCC/C=C\CCCCCCCC(=O)OCC(COC(=O)CCCCCCCCCCCCCCCCCCCCCCCCCCCCCCCC)OC(=O)CCCCCCCCCCCCCCCCCCCCCC. The molecule has 0 spiro atoms. The Hall–Kier alpha value is -1.85. The van der Waals surface area contributed by atoms with E-state index in [2.05, 4.69) is 32.9 Å². The van der Waals surface area contributed by atoms with Crippen molar-refractivity contribution in [2.24, 2.45) is 0 Å². The van der Waals surface area contributed by atoms with E-state index in [0.29, 0.717) is 19.3 Å². The predicted molar refractivity (Wildman–Crippen MR) is 353 cm³/mol. The van der Waals surface area contributed by atoms with Crippen LogP contribution in [0.25, 0.3) is 0 Å². The Bertz CT molecular complexity index is 1260. The number of allylic oxidation sites excluding steroid dienone is 2. The summed E-state index contributed by atoms with van der Waals surface area (Å²) in [6.07, 6.45) is 85.5. The van der Waals surface area contributed by atoms with Crippen LogP contribution in [0.2, 0.25) is 0 Å². The Morgan fingerprint density at radius 2 is 0.407 bits per heavy atom. The average Bonchev–Trinajstić information content (AvgIpc) is 3.46. The molecule has 0 aromatic heterocycles. The first-order valence-corrected chi connectivity index (χ1v) is 37.2. The zero-order chi connectivity index (χ0) is 58.5. The van der Waals surface area contributed by atoms with Crippen molar-refractivity contribution in [3.8, 4) is 0 Å². The molecule has 81 heavy (non-hydrogen) atoms. The van der Waals surface area contributed by atoms with Crippen LogP contribution in [0.4, 0.5) is 0 Å². The maximum absolute atomic E-state index is 13.0. The standard InChI is InChI=1S/C75H144O6/c1-4-7-10-13-16-19-22-25-27-29-31-33-34-35-36-37-38-39-40-41-42-44-45-47-50-53-56-59-62-65-68-74(77)80-71-72(70-79-73(76)67-64-61-58-55-52-49-24-21-18-15-12-9-6-3)81-75(78)69-66-63-60-57-54-51-48-46-43-32-30-28-26-23-20-17-14-11-8-5-2/h21,24,72H,4-20,22-23,25-71H2,1-3H3/b24-21-.